The first-order valence-electron chi connectivity index (χ1n) is 6.14. The lowest BCUT2D eigenvalue weighted by atomic mass is 10.0. The van der Waals surface area contributed by atoms with Crippen LogP contribution in [0.5, 0.6) is 11.5 Å². The molecule has 1 heterocycles. The molecule has 1 atom stereocenters. The summed E-state index contributed by atoms with van der Waals surface area (Å²) in [5.41, 5.74) is 1.62. The van der Waals surface area contributed by atoms with Crippen LogP contribution in [-0.2, 0) is 0 Å². The highest BCUT2D eigenvalue weighted by Gasteiger charge is 2.19. The van der Waals surface area contributed by atoms with Gasteiger partial charge in [0.1, 0.15) is 19.0 Å². The molecule has 2 aromatic rings. The van der Waals surface area contributed by atoms with Crippen LogP contribution >= 0.6 is 27.5 Å². The van der Waals surface area contributed by atoms with Gasteiger partial charge in [0.25, 0.3) is 0 Å². The summed E-state index contributed by atoms with van der Waals surface area (Å²) in [5, 5.41) is 0.129. The van der Waals surface area contributed by atoms with Gasteiger partial charge < -0.3 is 9.47 Å². The van der Waals surface area contributed by atoms with E-state index in [2.05, 4.69) is 15.9 Å². The maximum Gasteiger partial charge on any atom is 0.161 e. The van der Waals surface area contributed by atoms with E-state index in [-0.39, 0.29) is 9.85 Å². The van der Waals surface area contributed by atoms with Crippen LogP contribution in [-0.4, -0.2) is 13.2 Å². The van der Waals surface area contributed by atoms with Crippen LogP contribution in [0.3, 0.4) is 0 Å². The average molecular weight is 358 g/mol. The van der Waals surface area contributed by atoms with Crippen molar-refractivity contribution in [2.75, 3.05) is 13.2 Å². The minimum Gasteiger partial charge on any atom is -0.486 e. The average Bonchev–Trinajstić information content (AvgIpc) is 2.49. The summed E-state index contributed by atoms with van der Waals surface area (Å²) in [7, 11) is 0. The Morgan fingerprint density at radius 3 is 2.65 bits per heavy atom. The largest absolute Gasteiger partial charge is 0.486 e. The van der Waals surface area contributed by atoms with E-state index < -0.39 is 5.82 Å². The molecule has 0 N–H and O–H groups in total. The number of benzene rings is 2. The predicted molar refractivity (Wildman–Crippen MR) is 79.6 cm³/mol. The molecule has 20 heavy (non-hydrogen) atoms. The minimum atomic E-state index is -0.425. The summed E-state index contributed by atoms with van der Waals surface area (Å²) < 4.78 is 24.6. The van der Waals surface area contributed by atoms with E-state index in [9.17, 15) is 4.39 Å². The van der Waals surface area contributed by atoms with E-state index in [1.54, 1.807) is 12.1 Å². The molecule has 3 rings (SSSR count). The second-order valence-corrected chi connectivity index (χ2v) is 5.70. The quantitative estimate of drug-likeness (QED) is 0.723. The number of hydrogen-bond acceptors (Lipinski definition) is 2. The van der Waals surface area contributed by atoms with Crippen LogP contribution in [0.4, 0.5) is 4.39 Å². The van der Waals surface area contributed by atoms with Crippen LogP contribution in [0.1, 0.15) is 16.0 Å². The lowest BCUT2D eigenvalue weighted by Crippen LogP contribution is -2.15. The molecular formula is C15H11BrClFO2. The van der Waals surface area contributed by atoms with Gasteiger partial charge in [-0.15, -0.1) is 0 Å². The summed E-state index contributed by atoms with van der Waals surface area (Å²) in [6, 6.07) is 10.4. The Labute approximate surface area is 129 Å². The summed E-state index contributed by atoms with van der Waals surface area (Å²) in [5.74, 6) is 1.00. The van der Waals surface area contributed by atoms with Crippen molar-refractivity contribution in [3.8, 4) is 11.5 Å². The highest BCUT2D eigenvalue weighted by Crippen LogP contribution is 2.40. The van der Waals surface area contributed by atoms with Crippen LogP contribution < -0.4 is 9.47 Å². The van der Waals surface area contributed by atoms with Gasteiger partial charge >= 0.3 is 0 Å². The molecule has 0 radical (unpaired) electrons. The number of hydrogen-bond donors (Lipinski definition) is 0. The molecule has 0 saturated carbocycles. The maximum atomic E-state index is 13.5. The Morgan fingerprint density at radius 1 is 1.10 bits per heavy atom. The van der Waals surface area contributed by atoms with Gasteiger partial charge in [0.2, 0.25) is 0 Å². The zero-order valence-electron chi connectivity index (χ0n) is 10.4. The molecule has 1 aliphatic heterocycles. The molecular weight excluding hydrogens is 347 g/mol. The van der Waals surface area contributed by atoms with Crippen LogP contribution in [0.2, 0.25) is 5.02 Å². The molecule has 2 nitrogen and oxygen atoms in total. The highest BCUT2D eigenvalue weighted by atomic mass is 79.9. The molecule has 1 aliphatic rings. The zero-order chi connectivity index (χ0) is 14.1. The Kier molecular flexibility index (Phi) is 3.85. The van der Waals surface area contributed by atoms with Gasteiger partial charge in [-0.3, -0.25) is 0 Å². The van der Waals surface area contributed by atoms with Crippen molar-refractivity contribution in [1.29, 1.82) is 0 Å². The molecule has 0 aliphatic carbocycles. The second kappa shape index (κ2) is 5.62. The molecule has 1 unspecified atom stereocenters. The fourth-order valence-corrected chi connectivity index (χ4v) is 3.15. The van der Waals surface area contributed by atoms with Gasteiger partial charge in [0, 0.05) is 0 Å². The van der Waals surface area contributed by atoms with Crippen molar-refractivity contribution < 1.29 is 13.9 Å². The number of alkyl halides is 1. The molecule has 0 amide bonds. The van der Waals surface area contributed by atoms with Crippen molar-refractivity contribution >= 4 is 27.5 Å². The fraction of sp³-hybridized carbons (Fsp3) is 0.200. The Hall–Kier alpha value is -1.26. The van der Waals surface area contributed by atoms with Crippen LogP contribution in [0, 0.1) is 5.82 Å². The van der Waals surface area contributed by atoms with Gasteiger partial charge in [-0.25, -0.2) is 4.39 Å². The van der Waals surface area contributed by atoms with Crippen molar-refractivity contribution in [2.45, 2.75) is 4.83 Å². The third-order valence-corrected chi connectivity index (χ3v) is 4.53. The van der Waals surface area contributed by atoms with Gasteiger partial charge in [0.05, 0.1) is 9.85 Å². The van der Waals surface area contributed by atoms with E-state index in [1.165, 1.54) is 6.07 Å². The van der Waals surface area contributed by atoms with Gasteiger partial charge in [0.15, 0.2) is 11.5 Å². The lowest BCUT2D eigenvalue weighted by Gasteiger charge is -2.20. The van der Waals surface area contributed by atoms with Gasteiger partial charge in [-0.1, -0.05) is 45.7 Å². The third-order valence-electron chi connectivity index (χ3n) is 3.11. The molecule has 2 aromatic carbocycles. The van der Waals surface area contributed by atoms with E-state index >= 15 is 0 Å². The van der Waals surface area contributed by atoms with Crippen molar-refractivity contribution in [3.63, 3.8) is 0 Å². The van der Waals surface area contributed by atoms with E-state index in [0.717, 1.165) is 11.3 Å². The summed E-state index contributed by atoms with van der Waals surface area (Å²) >= 11 is 9.58. The second-order valence-electron chi connectivity index (χ2n) is 4.41. The number of rotatable bonds is 2. The van der Waals surface area contributed by atoms with Crippen LogP contribution in [0.25, 0.3) is 0 Å². The number of fused-ring (bicyclic) bond motifs is 1. The summed E-state index contributed by atoms with van der Waals surface area (Å²) in [6.07, 6.45) is 0. The Balaban J connectivity index is 1.98. The van der Waals surface area contributed by atoms with Crippen LogP contribution in [0.15, 0.2) is 36.4 Å². The molecule has 104 valence electrons. The summed E-state index contributed by atoms with van der Waals surface area (Å²) in [4.78, 5) is -0.207. The van der Waals surface area contributed by atoms with E-state index in [4.69, 9.17) is 21.1 Å². The highest BCUT2D eigenvalue weighted by molar-refractivity contribution is 9.09. The molecule has 0 fully saturated rings. The summed E-state index contributed by atoms with van der Waals surface area (Å²) in [6.45, 7) is 1.09. The molecule has 0 aromatic heterocycles. The zero-order valence-corrected chi connectivity index (χ0v) is 12.7. The minimum absolute atomic E-state index is 0.129. The van der Waals surface area contributed by atoms with Gasteiger partial charge in [-0.2, -0.15) is 0 Å². The predicted octanol–water partition coefficient (Wildman–Crippen LogP) is 4.73. The third kappa shape index (κ3) is 2.50. The SMILES string of the molecule is Fc1cccc(C(Br)c2ccc3c(c2)OCCO3)c1Cl. The number of halogens is 3. The normalized spacial score (nSPS) is 14.9. The molecule has 0 spiro atoms. The maximum absolute atomic E-state index is 13.5. The molecule has 0 saturated heterocycles. The molecule has 0 bridgehead atoms. The first kappa shape index (κ1) is 13.7. The smallest absolute Gasteiger partial charge is 0.161 e. The standard InChI is InChI=1S/C15H11BrClFO2/c16-14(10-2-1-3-11(18)15(10)17)9-4-5-12-13(8-9)20-7-6-19-12/h1-5,8,14H,6-7H2. The van der Waals surface area contributed by atoms with Gasteiger partial charge in [-0.05, 0) is 29.3 Å². The molecule has 5 heteroatoms. The first-order chi connectivity index (χ1) is 9.66. The Morgan fingerprint density at radius 2 is 1.85 bits per heavy atom. The van der Waals surface area contributed by atoms with E-state index in [0.29, 0.717) is 24.5 Å². The topological polar surface area (TPSA) is 18.5 Å². The lowest BCUT2D eigenvalue weighted by molar-refractivity contribution is 0.171. The monoisotopic (exact) mass is 356 g/mol. The van der Waals surface area contributed by atoms with E-state index in [1.807, 2.05) is 18.2 Å². The van der Waals surface area contributed by atoms with Crippen molar-refractivity contribution in [1.82, 2.24) is 0 Å². The van der Waals surface area contributed by atoms with Crippen molar-refractivity contribution in [3.05, 3.63) is 58.4 Å². The Bertz CT molecular complexity index is 648. The fourth-order valence-electron chi connectivity index (χ4n) is 2.11. The first-order valence-corrected chi connectivity index (χ1v) is 7.43. The van der Waals surface area contributed by atoms with Crippen molar-refractivity contribution in [2.24, 2.45) is 0 Å². The number of ether oxygens (including phenoxy) is 2.